The third kappa shape index (κ3) is 1.59. The number of benzene rings is 1. The zero-order valence-electron chi connectivity index (χ0n) is 8.20. The van der Waals surface area contributed by atoms with Gasteiger partial charge in [0.05, 0.1) is 12.1 Å². The summed E-state index contributed by atoms with van der Waals surface area (Å²) in [7, 11) is 1.64. The lowest BCUT2D eigenvalue weighted by Gasteiger charge is -2.08. The molecule has 15 heavy (non-hydrogen) atoms. The first kappa shape index (κ1) is 10.1. The van der Waals surface area contributed by atoms with Gasteiger partial charge in [0.15, 0.2) is 0 Å². The van der Waals surface area contributed by atoms with Gasteiger partial charge < -0.3 is 10.0 Å². The Morgan fingerprint density at radius 2 is 2.07 bits per heavy atom. The average molecular weight is 224 g/mol. The van der Waals surface area contributed by atoms with Gasteiger partial charge in [-0.3, -0.25) is 4.79 Å². The molecule has 1 aromatic rings. The van der Waals surface area contributed by atoms with Gasteiger partial charge in [-0.1, -0.05) is 29.8 Å². The fourth-order valence-electron chi connectivity index (χ4n) is 1.62. The van der Waals surface area contributed by atoms with Crippen molar-refractivity contribution in [3.05, 3.63) is 40.6 Å². The van der Waals surface area contributed by atoms with Crippen molar-refractivity contribution in [1.82, 2.24) is 4.90 Å². The largest absolute Gasteiger partial charge is 0.510 e. The number of carbonyl (C=O) groups excluding carboxylic acids is 1. The van der Waals surface area contributed by atoms with Crippen molar-refractivity contribution in [3.8, 4) is 0 Å². The number of likely N-dealkylation sites (N-methyl/N-ethyl adjacent to an activating group) is 1. The van der Waals surface area contributed by atoms with E-state index in [4.69, 9.17) is 11.6 Å². The lowest BCUT2D eigenvalue weighted by atomic mass is 10.1. The summed E-state index contributed by atoms with van der Waals surface area (Å²) in [6.07, 6.45) is 0. The molecular weight excluding hydrogens is 214 g/mol. The zero-order valence-corrected chi connectivity index (χ0v) is 8.95. The van der Waals surface area contributed by atoms with Crippen LogP contribution in [0.25, 0.3) is 5.57 Å². The Balaban J connectivity index is 2.53. The number of hydrogen-bond acceptors (Lipinski definition) is 2. The standard InChI is InChI=1S/C11H10ClNO2/c1-13-6-9(14)10(11(13)15)7-4-2-3-5-8(7)12/h2-5,14H,6H2,1H3. The molecule has 0 saturated heterocycles. The Bertz CT molecular complexity index is 454. The summed E-state index contributed by atoms with van der Waals surface area (Å²) >= 11 is 5.97. The fourth-order valence-corrected chi connectivity index (χ4v) is 1.85. The van der Waals surface area contributed by atoms with Gasteiger partial charge in [0.2, 0.25) is 0 Å². The Morgan fingerprint density at radius 1 is 1.40 bits per heavy atom. The number of carbonyl (C=O) groups is 1. The minimum absolute atomic E-state index is 0.0793. The highest BCUT2D eigenvalue weighted by Gasteiger charge is 2.29. The van der Waals surface area contributed by atoms with Crippen LogP contribution in [-0.2, 0) is 4.79 Å². The summed E-state index contributed by atoms with van der Waals surface area (Å²) in [6, 6.07) is 6.99. The topological polar surface area (TPSA) is 40.5 Å². The number of nitrogens with zero attached hydrogens (tertiary/aromatic N) is 1. The van der Waals surface area contributed by atoms with Crippen LogP contribution in [0.1, 0.15) is 5.56 Å². The predicted octanol–water partition coefficient (Wildman–Crippen LogP) is 2.08. The van der Waals surface area contributed by atoms with E-state index in [2.05, 4.69) is 0 Å². The molecular formula is C11H10ClNO2. The van der Waals surface area contributed by atoms with Gasteiger partial charge in [0.25, 0.3) is 5.91 Å². The summed E-state index contributed by atoms with van der Waals surface area (Å²) in [6.45, 7) is 0.249. The van der Waals surface area contributed by atoms with Gasteiger partial charge in [-0.05, 0) is 6.07 Å². The number of aliphatic hydroxyl groups is 1. The molecule has 2 rings (SSSR count). The summed E-state index contributed by atoms with van der Waals surface area (Å²) in [5.74, 6) is -0.115. The van der Waals surface area contributed by atoms with E-state index in [1.54, 1.807) is 31.3 Å². The van der Waals surface area contributed by atoms with Gasteiger partial charge >= 0.3 is 0 Å². The summed E-state index contributed by atoms with van der Waals surface area (Å²) in [5, 5.41) is 10.1. The van der Waals surface area contributed by atoms with Gasteiger partial charge in [0, 0.05) is 17.6 Å². The van der Waals surface area contributed by atoms with Crippen molar-refractivity contribution in [2.24, 2.45) is 0 Å². The number of hydrogen-bond donors (Lipinski definition) is 1. The fraction of sp³-hybridized carbons (Fsp3) is 0.182. The molecule has 0 saturated carbocycles. The molecule has 1 aliphatic rings. The third-order valence-electron chi connectivity index (χ3n) is 2.38. The lowest BCUT2D eigenvalue weighted by Crippen LogP contribution is -2.21. The molecule has 0 radical (unpaired) electrons. The Labute approximate surface area is 92.6 Å². The number of halogens is 1. The second kappa shape index (κ2) is 3.59. The summed E-state index contributed by atoms with van der Waals surface area (Å²) < 4.78 is 0. The van der Waals surface area contributed by atoms with Crippen LogP contribution in [0, 0.1) is 0 Å². The van der Waals surface area contributed by atoms with Crippen LogP contribution in [0.4, 0.5) is 0 Å². The van der Waals surface area contributed by atoms with E-state index in [1.165, 1.54) is 4.90 Å². The van der Waals surface area contributed by atoms with E-state index in [-0.39, 0.29) is 18.2 Å². The molecule has 0 spiro atoms. The Kier molecular flexibility index (Phi) is 2.40. The van der Waals surface area contributed by atoms with E-state index < -0.39 is 0 Å². The van der Waals surface area contributed by atoms with Crippen molar-refractivity contribution in [1.29, 1.82) is 0 Å². The van der Waals surface area contributed by atoms with Crippen LogP contribution in [0.3, 0.4) is 0 Å². The molecule has 78 valence electrons. The van der Waals surface area contributed by atoms with Crippen molar-refractivity contribution < 1.29 is 9.90 Å². The quantitative estimate of drug-likeness (QED) is 0.792. The van der Waals surface area contributed by atoms with E-state index >= 15 is 0 Å². The Morgan fingerprint density at radius 3 is 2.60 bits per heavy atom. The minimum Gasteiger partial charge on any atom is -0.510 e. The van der Waals surface area contributed by atoms with E-state index in [0.29, 0.717) is 16.2 Å². The molecule has 3 nitrogen and oxygen atoms in total. The number of amides is 1. The molecule has 0 bridgehead atoms. The SMILES string of the molecule is CN1CC(O)=C(c2ccccc2Cl)C1=O. The van der Waals surface area contributed by atoms with Gasteiger partial charge in [-0.2, -0.15) is 0 Å². The Hall–Kier alpha value is -1.48. The molecule has 1 aromatic carbocycles. The molecule has 1 N–H and O–H groups in total. The zero-order chi connectivity index (χ0) is 11.0. The third-order valence-corrected chi connectivity index (χ3v) is 2.71. The van der Waals surface area contributed by atoms with Crippen molar-refractivity contribution in [2.45, 2.75) is 0 Å². The second-order valence-corrected chi connectivity index (χ2v) is 3.87. The summed E-state index contributed by atoms with van der Waals surface area (Å²) in [5.41, 5.74) is 0.897. The van der Waals surface area contributed by atoms with Gasteiger partial charge in [0.1, 0.15) is 5.76 Å². The van der Waals surface area contributed by atoms with Crippen LogP contribution >= 0.6 is 11.6 Å². The van der Waals surface area contributed by atoms with Crippen LogP contribution in [0.15, 0.2) is 30.0 Å². The molecule has 4 heteroatoms. The minimum atomic E-state index is -0.194. The molecule has 0 unspecified atom stereocenters. The second-order valence-electron chi connectivity index (χ2n) is 3.46. The van der Waals surface area contributed by atoms with Gasteiger partial charge in [-0.25, -0.2) is 0 Å². The highest BCUT2D eigenvalue weighted by molar-refractivity contribution is 6.35. The first-order valence-electron chi connectivity index (χ1n) is 4.53. The first-order chi connectivity index (χ1) is 7.11. The van der Waals surface area contributed by atoms with Crippen molar-refractivity contribution in [2.75, 3.05) is 13.6 Å². The molecule has 1 amide bonds. The average Bonchev–Trinajstić information content (AvgIpc) is 2.43. The first-order valence-corrected chi connectivity index (χ1v) is 4.91. The molecule has 0 aliphatic carbocycles. The number of rotatable bonds is 1. The van der Waals surface area contributed by atoms with Gasteiger partial charge in [-0.15, -0.1) is 0 Å². The smallest absolute Gasteiger partial charge is 0.258 e. The normalized spacial score (nSPS) is 16.4. The van der Waals surface area contributed by atoms with Crippen LogP contribution in [0.2, 0.25) is 5.02 Å². The molecule has 0 fully saturated rings. The van der Waals surface area contributed by atoms with Crippen molar-refractivity contribution in [3.63, 3.8) is 0 Å². The predicted molar refractivity (Wildman–Crippen MR) is 58.6 cm³/mol. The maximum Gasteiger partial charge on any atom is 0.258 e. The maximum atomic E-state index is 11.7. The van der Waals surface area contributed by atoms with E-state index in [0.717, 1.165) is 0 Å². The monoisotopic (exact) mass is 223 g/mol. The molecule has 1 heterocycles. The van der Waals surface area contributed by atoms with Crippen LogP contribution in [0.5, 0.6) is 0 Å². The maximum absolute atomic E-state index is 11.7. The van der Waals surface area contributed by atoms with Crippen molar-refractivity contribution >= 4 is 23.1 Å². The molecule has 1 aliphatic heterocycles. The lowest BCUT2D eigenvalue weighted by molar-refractivity contribution is -0.122. The van der Waals surface area contributed by atoms with Crippen LogP contribution < -0.4 is 0 Å². The van der Waals surface area contributed by atoms with E-state index in [1.807, 2.05) is 0 Å². The van der Waals surface area contributed by atoms with Crippen LogP contribution in [-0.4, -0.2) is 29.5 Å². The highest BCUT2D eigenvalue weighted by atomic mass is 35.5. The highest BCUT2D eigenvalue weighted by Crippen LogP contribution is 2.30. The molecule has 0 aromatic heterocycles. The molecule has 0 atom stereocenters. The summed E-state index contributed by atoms with van der Waals surface area (Å²) in [4.78, 5) is 13.2. The number of aliphatic hydroxyl groups excluding tert-OH is 1. The van der Waals surface area contributed by atoms with E-state index in [9.17, 15) is 9.90 Å².